The molecule has 14 heavy (non-hydrogen) atoms. The highest BCUT2D eigenvalue weighted by Crippen LogP contribution is 2.30. The molecule has 1 aromatic rings. The fourth-order valence-corrected chi connectivity index (χ4v) is 2.15. The molecule has 0 nitrogen and oxygen atoms in total. The van der Waals surface area contributed by atoms with Crippen LogP contribution in [0.5, 0.6) is 0 Å². The first-order chi connectivity index (χ1) is 6.50. The smallest absolute Gasteiger partial charge is 0.137 e. The lowest BCUT2D eigenvalue weighted by atomic mass is 10.0. The summed E-state index contributed by atoms with van der Waals surface area (Å²) in [5.74, 6) is 0.295. The van der Waals surface area contributed by atoms with Crippen molar-refractivity contribution in [2.24, 2.45) is 5.92 Å². The fourth-order valence-electron chi connectivity index (χ4n) is 1.26. The molecule has 0 N–H and O–H groups in total. The summed E-state index contributed by atoms with van der Waals surface area (Å²) in [6.07, 6.45) is 0.902. The van der Waals surface area contributed by atoms with Gasteiger partial charge in [0.2, 0.25) is 0 Å². The van der Waals surface area contributed by atoms with Crippen LogP contribution < -0.4 is 0 Å². The summed E-state index contributed by atoms with van der Waals surface area (Å²) in [4.78, 5) is 0. The van der Waals surface area contributed by atoms with Gasteiger partial charge in [0.05, 0.1) is 9.85 Å². The van der Waals surface area contributed by atoms with Crippen molar-refractivity contribution in [3.8, 4) is 0 Å². The van der Waals surface area contributed by atoms with Crippen molar-refractivity contribution in [2.45, 2.75) is 25.6 Å². The molecule has 0 saturated carbocycles. The summed E-state index contributed by atoms with van der Waals surface area (Å²) in [5.41, 5.74) is 0.966. The van der Waals surface area contributed by atoms with Crippen LogP contribution in [-0.2, 0) is 0 Å². The standard InChI is InChI=1S/C11H13BrClF/c1-7(2)5-10(13)8-3-4-11(14)9(12)6-8/h3-4,6-7,10H,5H2,1-2H3. The Balaban J connectivity index is 2.80. The first-order valence-electron chi connectivity index (χ1n) is 4.59. The van der Waals surface area contributed by atoms with Crippen LogP contribution in [0.25, 0.3) is 0 Å². The van der Waals surface area contributed by atoms with Gasteiger partial charge in [0.25, 0.3) is 0 Å². The van der Waals surface area contributed by atoms with Crippen molar-refractivity contribution in [3.63, 3.8) is 0 Å². The Bertz CT molecular complexity index is 312. The van der Waals surface area contributed by atoms with Crippen LogP contribution in [0.4, 0.5) is 4.39 Å². The van der Waals surface area contributed by atoms with E-state index in [1.54, 1.807) is 12.1 Å². The minimum Gasteiger partial charge on any atom is -0.206 e. The van der Waals surface area contributed by atoms with Crippen LogP contribution in [0, 0.1) is 11.7 Å². The molecule has 0 heterocycles. The zero-order chi connectivity index (χ0) is 10.7. The van der Waals surface area contributed by atoms with Gasteiger partial charge in [-0.3, -0.25) is 0 Å². The van der Waals surface area contributed by atoms with Crippen molar-refractivity contribution < 1.29 is 4.39 Å². The maximum atomic E-state index is 12.9. The van der Waals surface area contributed by atoms with Gasteiger partial charge in [-0.15, -0.1) is 11.6 Å². The van der Waals surface area contributed by atoms with Crippen molar-refractivity contribution in [3.05, 3.63) is 34.1 Å². The van der Waals surface area contributed by atoms with Crippen LogP contribution in [0.3, 0.4) is 0 Å². The van der Waals surface area contributed by atoms with Gasteiger partial charge in [-0.05, 0) is 46.0 Å². The van der Waals surface area contributed by atoms with Crippen LogP contribution in [0.1, 0.15) is 31.2 Å². The monoisotopic (exact) mass is 278 g/mol. The van der Waals surface area contributed by atoms with E-state index in [1.165, 1.54) is 6.07 Å². The van der Waals surface area contributed by atoms with Crippen LogP contribution >= 0.6 is 27.5 Å². The third-order valence-corrected chi connectivity index (χ3v) is 3.02. The maximum absolute atomic E-state index is 12.9. The molecule has 1 unspecified atom stereocenters. The van der Waals surface area contributed by atoms with E-state index in [9.17, 15) is 4.39 Å². The van der Waals surface area contributed by atoms with Crippen molar-refractivity contribution in [2.75, 3.05) is 0 Å². The molecule has 1 atom stereocenters. The number of alkyl halides is 1. The van der Waals surface area contributed by atoms with Gasteiger partial charge in [0.15, 0.2) is 0 Å². The van der Waals surface area contributed by atoms with Gasteiger partial charge in [-0.2, -0.15) is 0 Å². The second-order valence-corrected chi connectivity index (χ2v) is 5.15. The Hall–Kier alpha value is -0.0800. The maximum Gasteiger partial charge on any atom is 0.137 e. The predicted octanol–water partition coefficient (Wildman–Crippen LogP) is 4.91. The number of hydrogen-bond donors (Lipinski definition) is 0. The predicted molar refractivity (Wildman–Crippen MR) is 62.1 cm³/mol. The van der Waals surface area contributed by atoms with E-state index in [0.29, 0.717) is 10.4 Å². The number of hydrogen-bond acceptors (Lipinski definition) is 0. The van der Waals surface area contributed by atoms with E-state index in [4.69, 9.17) is 11.6 Å². The highest BCUT2D eigenvalue weighted by atomic mass is 79.9. The molecule has 0 radical (unpaired) electrons. The third kappa shape index (κ3) is 3.25. The average molecular weight is 280 g/mol. The third-order valence-electron chi connectivity index (χ3n) is 1.98. The number of benzene rings is 1. The van der Waals surface area contributed by atoms with Gasteiger partial charge in [-0.25, -0.2) is 4.39 Å². The quantitative estimate of drug-likeness (QED) is 0.689. The zero-order valence-corrected chi connectivity index (χ0v) is 10.6. The summed E-state index contributed by atoms with van der Waals surface area (Å²) < 4.78 is 13.4. The lowest BCUT2D eigenvalue weighted by Crippen LogP contribution is -1.96. The molecule has 0 fully saturated rings. The minimum atomic E-state index is -0.248. The first kappa shape index (κ1) is 12.0. The second-order valence-electron chi connectivity index (χ2n) is 3.77. The molecule has 1 aromatic carbocycles. The second kappa shape index (κ2) is 5.13. The van der Waals surface area contributed by atoms with Gasteiger partial charge >= 0.3 is 0 Å². The largest absolute Gasteiger partial charge is 0.206 e. The van der Waals surface area contributed by atoms with E-state index in [2.05, 4.69) is 29.8 Å². The van der Waals surface area contributed by atoms with Gasteiger partial charge in [-0.1, -0.05) is 19.9 Å². The van der Waals surface area contributed by atoms with Gasteiger partial charge < -0.3 is 0 Å². The Morgan fingerprint density at radius 2 is 2.07 bits per heavy atom. The molecule has 78 valence electrons. The highest BCUT2D eigenvalue weighted by Gasteiger charge is 2.11. The lowest BCUT2D eigenvalue weighted by Gasteiger charge is -2.12. The van der Waals surface area contributed by atoms with Crippen molar-refractivity contribution >= 4 is 27.5 Å². The molecule has 0 aliphatic carbocycles. The summed E-state index contributed by atoms with van der Waals surface area (Å²) >= 11 is 9.33. The van der Waals surface area contributed by atoms with E-state index in [-0.39, 0.29) is 11.2 Å². The summed E-state index contributed by atoms with van der Waals surface area (Å²) in [7, 11) is 0. The molecule has 0 aliphatic heterocycles. The number of halogens is 3. The molecule has 0 amide bonds. The van der Waals surface area contributed by atoms with Crippen molar-refractivity contribution in [1.29, 1.82) is 0 Å². The van der Waals surface area contributed by atoms with Crippen LogP contribution in [0.15, 0.2) is 22.7 Å². The average Bonchev–Trinajstić information content (AvgIpc) is 2.08. The molecule has 1 rings (SSSR count). The Labute approximate surface area is 97.6 Å². The first-order valence-corrected chi connectivity index (χ1v) is 5.82. The Morgan fingerprint density at radius 3 is 2.57 bits per heavy atom. The fraction of sp³-hybridized carbons (Fsp3) is 0.455. The summed E-state index contributed by atoms with van der Waals surface area (Å²) in [6, 6.07) is 4.92. The summed E-state index contributed by atoms with van der Waals surface area (Å²) in [5, 5.41) is -0.0353. The van der Waals surface area contributed by atoms with E-state index in [0.717, 1.165) is 12.0 Å². The summed E-state index contributed by atoms with van der Waals surface area (Å²) in [6.45, 7) is 4.24. The minimum absolute atomic E-state index is 0.0353. The van der Waals surface area contributed by atoms with Gasteiger partial charge in [0, 0.05) is 0 Å². The molecule has 0 aliphatic rings. The molecule has 0 bridgehead atoms. The molecule has 0 spiro atoms. The van der Waals surface area contributed by atoms with Crippen LogP contribution in [-0.4, -0.2) is 0 Å². The van der Waals surface area contributed by atoms with E-state index in [1.807, 2.05) is 0 Å². The normalized spacial score (nSPS) is 13.3. The topological polar surface area (TPSA) is 0 Å². The molecule has 0 saturated heterocycles. The highest BCUT2D eigenvalue weighted by molar-refractivity contribution is 9.10. The molecular formula is C11H13BrClF. The Morgan fingerprint density at radius 1 is 1.43 bits per heavy atom. The molecule has 3 heteroatoms. The van der Waals surface area contributed by atoms with E-state index < -0.39 is 0 Å². The number of rotatable bonds is 3. The Kier molecular flexibility index (Phi) is 4.39. The molecule has 0 aromatic heterocycles. The van der Waals surface area contributed by atoms with E-state index >= 15 is 0 Å². The SMILES string of the molecule is CC(C)CC(Cl)c1ccc(F)c(Br)c1. The van der Waals surface area contributed by atoms with Crippen molar-refractivity contribution in [1.82, 2.24) is 0 Å². The zero-order valence-electron chi connectivity index (χ0n) is 8.23. The lowest BCUT2D eigenvalue weighted by molar-refractivity contribution is 0.573. The van der Waals surface area contributed by atoms with Gasteiger partial charge in [0.1, 0.15) is 5.82 Å². The van der Waals surface area contributed by atoms with Crippen LogP contribution in [0.2, 0.25) is 0 Å². The molecular weight excluding hydrogens is 266 g/mol.